The first-order chi connectivity index (χ1) is 48.4. The molecule has 6 heterocycles. The summed E-state index contributed by atoms with van der Waals surface area (Å²) >= 11 is 0. The molecule has 526 valence electrons. The third kappa shape index (κ3) is 17.9. The van der Waals surface area contributed by atoms with Gasteiger partial charge >= 0.3 is 18.2 Å². The molecule has 12 aromatic rings. The van der Waals surface area contributed by atoms with E-state index in [-0.39, 0.29) is 11.8 Å². The largest absolute Gasteiger partial charge is 0.479 e. The number of amides is 4. The molecule has 0 unspecified atom stereocenters. The second-order valence-electron chi connectivity index (χ2n) is 26.2. The Balaban J connectivity index is 0.000000165. The van der Waals surface area contributed by atoms with Gasteiger partial charge in [0.15, 0.2) is 6.04 Å². The lowest BCUT2D eigenvalue weighted by Gasteiger charge is -2.23. The number of anilines is 6. The van der Waals surface area contributed by atoms with Crippen LogP contribution in [-0.4, -0.2) is 89.9 Å². The minimum Gasteiger partial charge on any atom is -0.479 e. The van der Waals surface area contributed by atoms with E-state index in [1.807, 2.05) is 177 Å². The number of fused-ring (bicyclic) bond motifs is 3. The quantitative estimate of drug-likeness (QED) is 0.0479. The summed E-state index contributed by atoms with van der Waals surface area (Å²) in [6, 6.07) is 41.2. The molecular formula is C76H84N18O8. The topological polar surface area (TPSA) is 394 Å². The molecule has 0 saturated heterocycles. The Labute approximate surface area is 589 Å². The molecule has 4 amide bonds. The maximum absolute atomic E-state index is 13.3. The van der Waals surface area contributed by atoms with Crippen LogP contribution >= 0.6 is 0 Å². The number of carbonyl (C=O) groups is 5. The molecule has 0 saturated carbocycles. The smallest absolute Gasteiger partial charge is 0.408 e. The van der Waals surface area contributed by atoms with Crippen molar-refractivity contribution in [3.8, 4) is 33.4 Å². The molecule has 0 aliphatic heterocycles. The molecule has 12 rings (SSSR count). The van der Waals surface area contributed by atoms with Crippen molar-refractivity contribution < 1.29 is 38.6 Å². The number of rotatable bonds is 13. The van der Waals surface area contributed by atoms with Crippen LogP contribution in [-0.2, 0) is 45.0 Å². The van der Waals surface area contributed by atoms with Gasteiger partial charge in [-0.05, 0) is 149 Å². The van der Waals surface area contributed by atoms with Crippen molar-refractivity contribution in [3.63, 3.8) is 0 Å². The second kappa shape index (κ2) is 31.4. The molecule has 15 N–H and O–H groups in total. The Kier molecular flexibility index (Phi) is 22.7. The minimum absolute atomic E-state index is 0.258. The highest BCUT2D eigenvalue weighted by Gasteiger charge is 2.28. The number of nitrogen functional groups attached to an aromatic ring is 4. The van der Waals surface area contributed by atoms with Gasteiger partial charge < -0.3 is 78.2 Å². The SMILES string of the molecule is CC(C)(C)OC(=O)N[C@@H](C(=O)O)c1ccccc1.Cc1cc(N)ccc1-c1cn(C)c2ncnc(N)c12.Cc1cc(NC(=O)[C@H](N)c2ccccc2)ccc1-c1cn(C)c2ncnc(N)c12.Cc1cc(NC(=O)[C@H](NC(=O)OC(C)(C)C)c2ccccc2)ccc1-c1cn(C)c2ncnc(N)c12. The van der Waals surface area contributed by atoms with Crippen molar-refractivity contribution in [2.45, 2.75) is 91.6 Å². The predicted molar refractivity (Wildman–Crippen MR) is 399 cm³/mol. The Morgan fingerprint density at radius 2 is 0.765 bits per heavy atom. The van der Waals surface area contributed by atoms with E-state index < -0.39 is 47.5 Å². The molecule has 26 nitrogen and oxygen atoms in total. The fraction of sp³-hybridized carbons (Fsp3) is 0.224. The van der Waals surface area contributed by atoms with Crippen LogP contribution in [0.3, 0.4) is 0 Å². The number of aliphatic carboxylic acids is 1. The van der Waals surface area contributed by atoms with Crippen molar-refractivity contribution >= 4 is 97.6 Å². The van der Waals surface area contributed by atoms with Gasteiger partial charge in [0, 0.05) is 73.5 Å². The lowest BCUT2D eigenvalue weighted by atomic mass is 10.00. The highest BCUT2D eigenvalue weighted by molar-refractivity contribution is 6.04. The maximum atomic E-state index is 13.3. The third-order valence-electron chi connectivity index (χ3n) is 16.0. The summed E-state index contributed by atoms with van der Waals surface area (Å²) in [5.41, 5.74) is 44.1. The number of hydrogen-bond acceptors (Lipinski definition) is 18. The molecule has 26 heteroatoms. The fourth-order valence-electron chi connectivity index (χ4n) is 11.4. The van der Waals surface area contributed by atoms with Crippen LogP contribution in [0, 0.1) is 20.8 Å². The lowest BCUT2D eigenvalue weighted by molar-refractivity contribution is -0.139. The van der Waals surface area contributed by atoms with Crippen molar-refractivity contribution in [3.05, 3.63) is 217 Å². The summed E-state index contributed by atoms with van der Waals surface area (Å²) in [5, 5.41) is 22.4. The number of alkyl carbamates (subject to hydrolysis) is 2. The van der Waals surface area contributed by atoms with E-state index in [0.29, 0.717) is 40.0 Å². The first kappa shape index (κ1) is 73.5. The number of carboxylic acid groups (broad SMARTS) is 1. The molecule has 102 heavy (non-hydrogen) atoms. The molecule has 6 aromatic heterocycles. The average molecular weight is 1380 g/mol. The van der Waals surface area contributed by atoms with Crippen LogP contribution < -0.4 is 49.9 Å². The van der Waals surface area contributed by atoms with Crippen LogP contribution in [0.2, 0.25) is 0 Å². The van der Waals surface area contributed by atoms with E-state index in [0.717, 1.165) is 94.4 Å². The normalized spacial score (nSPS) is 12.0. The zero-order valence-electron chi connectivity index (χ0n) is 58.8. The molecule has 0 aliphatic carbocycles. The lowest BCUT2D eigenvalue weighted by Crippen LogP contribution is -2.40. The second-order valence-corrected chi connectivity index (χ2v) is 26.2. The summed E-state index contributed by atoms with van der Waals surface area (Å²) in [6.45, 7) is 16.4. The van der Waals surface area contributed by atoms with Gasteiger partial charge in [0.25, 0.3) is 5.91 Å². The number of ether oxygens (including phenoxy) is 2. The number of aromatic nitrogens is 9. The third-order valence-corrected chi connectivity index (χ3v) is 16.0. The van der Waals surface area contributed by atoms with Crippen LogP contribution in [0.5, 0.6) is 0 Å². The number of nitrogens with zero attached hydrogens (tertiary/aromatic N) is 9. The Bertz CT molecular complexity index is 5020. The zero-order chi connectivity index (χ0) is 73.9. The van der Waals surface area contributed by atoms with Crippen LogP contribution in [0.1, 0.15) is 93.0 Å². The average Bonchev–Trinajstić information content (AvgIpc) is 1.62. The Morgan fingerprint density at radius 3 is 1.12 bits per heavy atom. The molecule has 0 bridgehead atoms. The van der Waals surface area contributed by atoms with Crippen molar-refractivity contribution in [1.82, 2.24) is 54.2 Å². The number of hydrogen-bond donors (Lipinski definition) is 10. The highest BCUT2D eigenvalue weighted by Crippen LogP contribution is 2.38. The highest BCUT2D eigenvalue weighted by atomic mass is 16.6. The van der Waals surface area contributed by atoms with Gasteiger partial charge in [-0.3, -0.25) is 9.59 Å². The van der Waals surface area contributed by atoms with Gasteiger partial charge in [-0.15, -0.1) is 0 Å². The molecule has 0 radical (unpaired) electrons. The number of nitrogens with two attached hydrogens (primary N) is 5. The monoisotopic (exact) mass is 1380 g/mol. The fourth-order valence-corrected chi connectivity index (χ4v) is 11.4. The molecule has 0 aliphatic rings. The number of nitrogens with one attached hydrogen (secondary N) is 4. The van der Waals surface area contributed by atoms with Crippen LogP contribution in [0.4, 0.5) is 44.1 Å². The number of carboxylic acids is 1. The van der Waals surface area contributed by atoms with Crippen molar-refractivity contribution in [2.75, 3.05) is 33.6 Å². The van der Waals surface area contributed by atoms with Gasteiger partial charge in [0.2, 0.25) is 5.91 Å². The van der Waals surface area contributed by atoms with Gasteiger partial charge in [-0.25, -0.2) is 44.3 Å². The van der Waals surface area contributed by atoms with E-state index in [2.05, 4.69) is 51.2 Å². The summed E-state index contributed by atoms with van der Waals surface area (Å²) in [6.07, 6.45) is 8.94. The van der Waals surface area contributed by atoms with Crippen LogP contribution in [0.15, 0.2) is 183 Å². The van der Waals surface area contributed by atoms with E-state index in [4.69, 9.17) is 43.2 Å². The summed E-state index contributed by atoms with van der Waals surface area (Å²) < 4.78 is 16.2. The summed E-state index contributed by atoms with van der Waals surface area (Å²) in [4.78, 5) is 86.2. The summed E-state index contributed by atoms with van der Waals surface area (Å²) in [5.74, 6) is -0.431. The number of carbonyl (C=O) groups excluding carboxylic acids is 4. The molecule has 3 atom stereocenters. The van der Waals surface area contributed by atoms with Gasteiger partial charge in [0.05, 0.1) is 16.2 Å². The minimum atomic E-state index is -1.13. The van der Waals surface area contributed by atoms with Crippen molar-refractivity contribution in [1.29, 1.82) is 0 Å². The first-order valence-electron chi connectivity index (χ1n) is 32.3. The van der Waals surface area contributed by atoms with E-state index in [1.165, 1.54) is 19.0 Å². The number of aryl methyl sites for hydroxylation is 6. The van der Waals surface area contributed by atoms with Gasteiger partial charge in [0.1, 0.15) is 76.7 Å². The standard InChI is InChI=1S/C27H30N6O3.C22H22N6O.C14H15N5.C13H17NO4/c1-16-13-18(11-12-19(16)20-14-33(5)24-21(20)23(28)29-15-30-24)31-25(34)22(17-9-7-6-8-10-17)32-26(35)36-27(2,3)4;1-13-10-15(27-22(29)19(23)14-6-4-3-5-7-14)8-9-16(13)17-11-28(2)21-18(17)20(24)25-12-26-21;1-8-5-9(15)3-4-10(8)11-6-19(2)14-12(11)13(16)17-7-18-14;1-13(2,3)18-12(17)14-10(11(15)16)9-7-5-4-6-8-9/h6-15,22H,1-5H3,(H,31,34)(H,32,35)(H2,28,29,30);3-12,19H,23H2,1-2H3,(H,27,29)(H2,24,25,26);3-7H,15H2,1-2H3,(H2,16,17,18);4-8,10H,1-3H3,(H,14,17)(H,15,16)/t22-;19-;;10-/m11.1/s1. The van der Waals surface area contributed by atoms with Gasteiger partial charge in [-0.1, -0.05) is 109 Å². The van der Waals surface area contributed by atoms with E-state index in [1.54, 1.807) is 84.0 Å². The van der Waals surface area contributed by atoms with Gasteiger partial charge in [-0.2, -0.15) is 0 Å². The first-order valence-corrected chi connectivity index (χ1v) is 32.3. The molecule has 0 fully saturated rings. The predicted octanol–water partition coefficient (Wildman–Crippen LogP) is 12.3. The zero-order valence-corrected chi connectivity index (χ0v) is 58.8. The molecule has 0 spiro atoms. The maximum Gasteiger partial charge on any atom is 0.408 e. The Morgan fingerprint density at radius 1 is 0.431 bits per heavy atom. The molecular weight excluding hydrogens is 1290 g/mol. The van der Waals surface area contributed by atoms with E-state index >= 15 is 0 Å². The summed E-state index contributed by atoms with van der Waals surface area (Å²) in [7, 11) is 5.78. The molecule has 6 aromatic carbocycles. The van der Waals surface area contributed by atoms with E-state index in [9.17, 15) is 24.0 Å². The van der Waals surface area contributed by atoms with Crippen molar-refractivity contribution in [2.24, 2.45) is 26.9 Å². The van der Waals surface area contributed by atoms with Crippen LogP contribution in [0.25, 0.3) is 66.5 Å². The Hall–Kier alpha value is -12.7. The number of benzene rings is 6.